The third kappa shape index (κ3) is 3.48. The third-order valence-electron chi connectivity index (χ3n) is 2.88. The summed E-state index contributed by atoms with van der Waals surface area (Å²) in [4.78, 5) is 16.0. The van der Waals surface area contributed by atoms with Crippen molar-refractivity contribution in [2.24, 2.45) is 0 Å². The number of amides is 1. The highest BCUT2D eigenvalue weighted by molar-refractivity contribution is 6.17. The van der Waals surface area contributed by atoms with Crippen LogP contribution >= 0.6 is 11.6 Å². The Bertz CT molecular complexity index is 585. The van der Waals surface area contributed by atoms with Crippen LogP contribution in [0.5, 0.6) is 5.75 Å². The lowest BCUT2D eigenvalue weighted by Crippen LogP contribution is -2.23. The molecule has 2 rings (SSSR count). The Kier molecular flexibility index (Phi) is 4.96. The Morgan fingerprint density at radius 2 is 1.95 bits per heavy atom. The molecule has 0 fully saturated rings. The van der Waals surface area contributed by atoms with Crippen LogP contribution in [0.2, 0.25) is 0 Å². The largest absolute Gasteiger partial charge is 0.494 e. The molecule has 20 heavy (non-hydrogen) atoms. The summed E-state index contributed by atoms with van der Waals surface area (Å²) in [6.45, 7) is 0.451. The van der Waals surface area contributed by atoms with Gasteiger partial charge in [-0.05, 0) is 17.2 Å². The lowest BCUT2D eigenvalue weighted by Gasteiger charge is -2.09. The summed E-state index contributed by atoms with van der Waals surface area (Å²) in [6, 6.07) is 9.41. The first kappa shape index (κ1) is 14.3. The summed E-state index contributed by atoms with van der Waals surface area (Å²) >= 11 is 5.73. The molecule has 1 aromatic carbocycles. The van der Waals surface area contributed by atoms with Gasteiger partial charge in [-0.2, -0.15) is 0 Å². The minimum atomic E-state index is -0.189. The summed E-state index contributed by atoms with van der Waals surface area (Å²) in [5.41, 5.74) is 2.54. The molecule has 0 radical (unpaired) electrons. The molecule has 0 saturated carbocycles. The zero-order valence-corrected chi connectivity index (χ0v) is 11.9. The van der Waals surface area contributed by atoms with Crippen molar-refractivity contribution in [1.29, 1.82) is 0 Å². The minimum Gasteiger partial charge on any atom is -0.494 e. The molecule has 0 aliphatic carbocycles. The molecule has 0 saturated heterocycles. The van der Waals surface area contributed by atoms with Gasteiger partial charge in [0.05, 0.1) is 18.9 Å². The third-order valence-corrected chi connectivity index (χ3v) is 3.19. The molecule has 1 N–H and O–H groups in total. The Balaban J connectivity index is 2.01. The lowest BCUT2D eigenvalue weighted by molar-refractivity contribution is 0.0947. The van der Waals surface area contributed by atoms with Crippen LogP contribution in [0.4, 0.5) is 0 Å². The van der Waals surface area contributed by atoms with Crippen molar-refractivity contribution in [3.8, 4) is 5.75 Å². The molecule has 1 heterocycles. The van der Waals surface area contributed by atoms with E-state index in [1.165, 1.54) is 13.3 Å². The molecule has 5 heteroatoms. The Hall–Kier alpha value is -2.07. The zero-order chi connectivity index (χ0) is 14.4. The van der Waals surface area contributed by atoms with E-state index in [-0.39, 0.29) is 5.91 Å². The second-order valence-electron chi connectivity index (χ2n) is 4.21. The van der Waals surface area contributed by atoms with Crippen LogP contribution in [0, 0.1) is 0 Å². The number of hydrogen-bond donors (Lipinski definition) is 1. The number of rotatable bonds is 5. The highest BCUT2D eigenvalue weighted by Gasteiger charge is 2.11. The number of alkyl halides is 1. The van der Waals surface area contributed by atoms with Crippen molar-refractivity contribution in [2.75, 3.05) is 7.11 Å². The molecule has 0 bridgehead atoms. The first-order valence-electron chi connectivity index (χ1n) is 6.14. The highest BCUT2D eigenvalue weighted by atomic mass is 35.5. The van der Waals surface area contributed by atoms with Gasteiger partial charge in [0.25, 0.3) is 5.91 Å². The van der Waals surface area contributed by atoms with Crippen molar-refractivity contribution in [1.82, 2.24) is 10.3 Å². The van der Waals surface area contributed by atoms with E-state index in [0.29, 0.717) is 23.7 Å². The number of benzene rings is 1. The van der Waals surface area contributed by atoms with E-state index in [1.807, 2.05) is 24.3 Å². The number of carbonyl (C=O) groups excluding carboxylic acids is 1. The van der Waals surface area contributed by atoms with Crippen molar-refractivity contribution in [3.63, 3.8) is 0 Å². The van der Waals surface area contributed by atoms with E-state index in [1.54, 1.807) is 12.3 Å². The van der Waals surface area contributed by atoms with Gasteiger partial charge in [0.2, 0.25) is 0 Å². The van der Waals surface area contributed by atoms with E-state index in [9.17, 15) is 4.79 Å². The van der Waals surface area contributed by atoms with Crippen molar-refractivity contribution in [3.05, 3.63) is 59.4 Å². The molecule has 0 aliphatic heterocycles. The highest BCUT2D eigenvalue weighted by Crippen LogP contribution is 2.15. The molecule has 0 unspecified atom stereocenters. The number of methoxy groups -OCH3 is 1. The van der Waals surface area contributed by atoms with Gasteiger partial charge in [-0.15, -0.1) is 11.6 Å². The van der Waals surface area contributed by atoms with Crippen molar-refractivity contribution < 1.29 is 9.53 Å². The Morgan fingerprint density at radius 3 is 2.60 bits per heavy atom. The van der Waals surface area contributed by atoms with Gasteiger partial charge >= 0.3 is 0 Å². The number of ether oxygens (including phenoxy) is 1. The normalized spacial score (nSPS) is 10.1. The monoisotopic (exact) mass is 290 g/mol. The molecule has 104 valence electrons. The minimum absolute atomic E-state index is 0.189. The lowest BCUT2D eigenvalue weighted by atomic mass is 10.1. The van der Waals surface area contributed by atoms with E-state index in [2.05, 4.69) is 10.3 Å². The molecule has 0 aliphatic rings. The number of nitrogens with one attached hydrogen (secondary N) is 1. The van der Waals surface area contributed by atoms with Crippen LogP contribution < -0.4 is 10.1 Å². The van der Waals surface area contributed by atoms with Gasteiger partial charge in [-0.3, -0.25) is 9.78 Å². The van der Waals surface area contributed by atoms with E-state index in [0.717, 1.165) is 11.1 Å². The molecule has 1 aromatic heterocycles. The van der Waals surface area contributed by atoms with Crippen molar-refractivity contribution >= 4 is 17.5 Å². The second-order valence-corrected chi connectivity index (χ2v) is 4.48. The number of aromatic nitrogens is 1. The molecule has 4 nitrogen and oxygen atoms in total. The SMILES string of the molecule is COc1cnccc1C(=O)NCc1ccc(CCl)cc1. The molecular weight excluding hydrogens is 276 g/mol. The molecular formula is C15H15ClN2O2. The predicted octanol–water partition coefficient (Wildman–Crippen LogP) is 2.76. The van der Waals surface area contributed by atoms with Crippen LogP contribution in [-0.2, 0) is 12.4 Å². The van der Waals surface area contributed by atoms with Gasteiger partial charge in [0.1, 0.15) is 5.75 Å². The number of pyridine rings is 1. The predicted molar refractivity (Wildman–Crippen MR) is 78.0 cm³/mol. The second kappa shape index (κ2) is 6.91. The van der Waals surface area contributed by atoms with Gasteiger partial charge in [-0.1, -0.05) is 24.3 Å². The number of hydrogen-bond acceptors (Lipinski definition) is 3. The molecule has 2 aromatic rings. The van der Waals surface area contributed by atoms with Crippen LogP contribution in [-0.4, -0.2) is 18.0 Å². The van der Waals surface area contributed by atoms with Crippen molar-refractivity contribution in [2.45, 2.75) is 12.4 Å². The fourth-order valence-electron chi connectivity index (χ4n) is 1.75. The van der Waals surface area contributed by atoms with Crippen LogP contribution in [0.15, 0.2) is 42.7 Å². The van der Waals surface area contributed by atoms with Crippen LogP contribution in [0.1, 0.15) is 21.5 Å². The standard InChI is InChI=1S/C15H15ClN2O2/c1-20-14-10-17-7-6-13(14)15(19)18-9-12-4-2-11(8-16)3-5-12/h2-7,10H,8-9H2,1H3,(H,18,19). The van der Waals surface area contributed by atoms with Gasteiger partial charge in [0, 0.05) is 18.6 Å². The van der Waals surface area contributed by atoms with E-state index in [4.69, 9.17) is 16.3 Å². The Morgan fingerprint density at radius 1 is 1.25 bits per heavy atom. The zero-order valence-electron chi connectivity index (χ0n) is 11.1. The summed E-state index contributed by atoms with van der Waals surface area (Å²) < 4.78 is 5.11. The average molecular weight is 291 g/mol. The van der Waals surface area contributed by atoms with Gasteiger partial charge in [0.15, 0.2) is 0 Å². The first-order chi connectivity index (χ1) is 9.74. The topological polar surface area (TPSA) is 51.2 Å². The number of halogens is 1. The maximum atomic E-state index is 12.1. The van der Waals surface area contributed by atoms with E-state index < -0.39 is 0 Å². The Labute approximate surface area is 122 Å². The van der Waals surface area contributed by atoms with Gasteiger partial charge < -0.3 is 10.1 Å². The van der Waals surface area contributed by atoms with E-state index >= 15 is 0 Å². The first-order valence-corrected chi connectivity index (χ1v) is 6.68. The molecule has 1 amide bonds. The molecule has 0 spiro atoms. The smallest absolute Gasteiger partial charge is 0.255 e. The summed E-state index contributed by atoms with van der Waals surface area (Å²) in [7, 11) is 1.51. The maximum absolute atomic E-state index is 12.1. The maximum Gasteiger partial charge on any atom is 0.255 e. The fourth-order valence-corrected chi connectivity index (χ4v) is 1.93. The van der Waals surface area contributed by atoms with Crippen LogP contribution in [0.3, 0.4) is 0 Å². The quantitative estimate of drug-likeness (QED) is 0.862. The summed E-state index contributed by atoms with van der Waals surface area (Å²) in [5, 5.41) is 2.85. The van der Waals surface area contributed by atoms with Crippen LogP contribution in [0.25, 0.3) is 0 Å². The van der Waals surface area contributed by atoms with Gasteiger partial charge in [-0.25, -0.2) is 0 Å². The summed E-state index contributed by atoms with van der Waals surface area (Å²) in [5.74, 6) is 0.758. The average Bonchev–Trinajstić information content (AvgIpc) is 2.53. The summed E-state index contributed by atoms with van der Waals surface area (Å²) in [6.07, 6.45) is 3.08. The number of nitrogens with zero attached hydrogens (tertiary/aromatic N) is 1. The molecule has 0 atom stereocenters. The fraction of sp³-hybridized carbons (Fsp3) is 0.200. The number of carbonyl (C=O) groups is 1.